The van der Waals surface area contributed by atoms with Crippen molar-refractivity contribution in [3.8, 4) is 0 Å². The summed E-state index contributed by atoms with van der Waals surface area (Å²) in [6, 6.07) is 0. The first-order valence-corrected chi connectivity index (χ1v) is 8.83. The molecule has 2 atom stereocenters. The molecule has 0 spiro atoms. The third-order valence-electron chi connectivity index (χ3n) is 3.75. The van der Waals surface area contributed by atoms with E-state index in [-0.39, 0.29) is 0 Å². The number of rotatable bonds is 7. The number of hydrogen-bond acceptors (Lipinski definition) is 3. The minimum absolute atomic E-state index is 0.474. The first kappa shape index (κ1) is 15.2. The van der Waals surface area contributed by atoms with Gasteiger partial charge in [-0.3, -0.25) is 0 Å². The third kappa shape index (κ3) is 3.31. The summed E-state index contributed by atoms with van der Waals surface area (Å²) in [7, 11) is -2.49. The first-order chi connectivity index (χ1) is 8.11. The van der Waals surface area contributed by atoms with E-state index in [2.05, 4.69) is 13.8 Å². The zero-order chi connectivity index (χ0) is 12.9. The van der Waals surface area contributed by atoms with E-state index < -0.39 is 8.80 Å². The lowest BCUT2D eigenvalue weighted by Crippen LogP contribution is -2.52. The van der Waals surface area contributed by atoms with Crippen molar-refractivity contribution in [2.45, 2.75) is 53.0 Å². The summed E-state index contributed by atoms with van der Waals surface area (Å²) in [4.78, 5) is 0. The van der Waals surface area contributed by atoms with Gasteiger partial charge < -0.3 is 13.3 Å². The van der Waals surface area contributed by atoms with Gasteiger partial charge in [0.05, 0.1) is 0 Å². The Bertz CT molecular complexity index is 196. The highest BCUT2D eigenvalue weighted by atomic mass is 28.4. The van der Waals surface area contributed by atoms with E-state index >= 15 is 0 Å². The Labute approximate surface area is 107 Å². The minimum Gasteiger partial charge on any atom is -0.374 e. The largest absolute Gasteiger partial charge is 0.504 e. The zero-order valence-corrected chi connectivity index (χ0v) is 13.0. The molecule has 4 heteroatoms. The second-order valence-electron chi connectivity index (χ2n) is 4.96. The molecule has 1 aliphatic rings. The molecule has 0 aliphatic heterocycles. The average molecular weight is 260 g/mol. The molecule has 0 amide bonds. The van der Waals surface area contributed by atoms with Crippen LogP contribution in [-0.2, 0) is 13.3 Å². The Morgan fingerprint density at radius 3 is 1.47 bits per heavy atom. The van der Waals surface area contributed by atoms with Gasteiger partial charge in [-0.15, -0.1) is 0 Å². The lowest BCUT2D eigenvalue weighted by molar-refractivity contribution is 0.0526. The fraction of sp³-hybridized carbons (Fsp3) is 1.00. The monoisotopic (exact) mass is 260 g/mol. The minimum atomic E-state index is -2.49. The van der Waals surface area contributed by atoms with E-state index in [1.54, 1.807) is 0 Å². The molecule has 0 N–H and O–H groups in total. The van der Waals surface area contributed by atoms with Gasteiger partial charge in [0, 0.05) is 25.4 Å². The van der Waals surface area contributed by atoms with Gasteiger partial charge in [-0.2, -0.15) is 0 Å². The van der Waals surface area contributed by atoms with Gasteiger partial charge in [0.2, 0.25) is 0 Å². The fourth-order valence-electron chi connectivity index (χ4n) is 3.16. The van der Waals surface area contributed by atoms with Gasteiger partial charge in [-0.1, -0.05) is 26.7 Å². The van der Waals surface area contributed by atoms with Crippen molar-refractivity contribution >= 4 is 8.80 Å². The molecule has 0 saturated heterocycles. The summed E-state index contributed by atoms with van der Waals surface area (Å²) in [6.45, 7) is 12.8. The Kier molecular flexibility index (Phi) is 6.13. The molecule has 1 aliphatic carbocycles. The molecule has 1 rings (SSSR count). The standard InChI is InChI=1S/C13H28O3Si/c1-6-14-17(15-7-2,16-8-3)13-11(4)9-10-12(13)5/h11-13H,6-10H2,1-5H3. The summed E-state index contributed by atoms with van der Waals surface area (Å²) in [5.74, 6) is 1.31. The van der Waals surface area contributed by atoms with E-state index in [9.17, 15) is 0 Å². The summed E-state index contributed by atoms with van der Waals surface area (Å²) in [6.07, 6.45) is 2.54. The van der Waals surface area contributed by atoms with Crippen LogP contribution in [0.4, 0.5) is 0 Å². The molecule has 0 aromatic carbocycles. The molecule has 0 aromatic rings. The Balaban J connectivity index is 2.91. The lowest BCUT2D eigenvalue weighted by atomic mass is 10.1. The van der Waals surface area contributed by atoms with Gasteiger partial charge in [0.15, 0.2) is 0 Å². The number of hydrogen-bond donors (Lipinski definition) is 0. The first-order valence-electron chi connectivity index (χ1n) is 7.03. The van der Waals surface area contributed by atoms with Crippen LogP contribution in [0.1, 0.15) is 47.5 Å². The van der Waals surface area contributed by atoms with Crippen molar-refractivity contribution in [2.24, 2.45) is 11.8 Å². The molecule has 0 aromatic heterocycles. The van der Waals surface area contributed by atoms with Gasteiger partial charge >= 0.3 is 8.80 Å². The van der Waals surface area contributed by atoms with Crippen molar-refractivity contribution in [2.75, 3.05) is 19.8 Å². The second kappa shape index (κ2) is 6.88. The molecule has 0 bridgehead atoms. The highest BCUT2D eigenvalue weighted by molar-refractivity contribution is 6.62. The SMILES string of the molecule is CCO[Si](OCC)(OCC)C1C(C)CCC1C. The van der Waals surface area contributed by atoms with E-state index in [4.69, 9.17) is 13.3 Å². The summed E-state index contributed by atoms with van der Waals surface area (Å²) in [5.41, 5.74) is 0.474. The van der Waals surface area contributed by atoms with Gasteiger partial charge in [-0.25, -0.2) is 0 Å². The van der Waals surface area contributed by atoms with Gasteiger partial charge in [-0.05, 0) is 32.6 Å². The van der Waals surface area contributed by atoms with Crippen molar-refractivity contribution < 1.29 is 13.3 Å². The van der Waals surface area contributed by atoms with Crippen molar-refractivity contribution in [1.29, 1.82) is 0 Å². The third-order valence-corrected chi connectivity index (χ3v) is 7.78. The van der Waals surface area contributed by atoms with Crippen LogP contribution < -0.4 is 0 Å². The Morgan fingerprint density at radius 2 is 1.18 bits per heavy atom. The van der Waals surface area contributed by atoms with E-state index in [0.717, 1.165) is 0 Å². The second-order valence-corrected chi connectivity index (χ2v) is 7.70. The van der Waals surface area contributed by atoms with Crippen LogP contribution in [0.25, 0.3) is 0 Å². The van der Waals surface area contributed by atoms with E-state index in [0.29, 0.717) is 37.2 Å². The zero-order valence-electron chi connectivity index (χ0n) is 12.0. The topological polar surface area (TPSA) is 27.7 Å². The van der Waals surface area contributed by atoms with Gasteiger partial charge in [0.1, 0.15) is 0 Å². The molecule has 1 saturated carbocycles. The van der Waals surface area contributed by atoms with Crippen LogP contribution in [0.15, 0.2) is 0 Å². The van der Waals surface area contributed by atoms with Crippen LogP contribution in [0, 0.1) is 11.8 Å². The Morgan fingerprint density at radius 1 is 0.824 bits per heavy atom. The van der Waals surface area contributed by atoms with Gasteiger partial charge in [0.25, 0.3) is 0 Å². The summed E-state index contributed by atoms with van der Waals surface area (Å²) < 4.78 is 18.1. The highest BCUT2D eigenvalue weighted by Gasteiger charge is 2.55. The van der Waals surface area contributed by atoms with E-state index in [1.807, 2.05) is 20.8 Å². The molecular formula is C13H28O3Si. The maximum absolute atomic E-state index is 6.03. The quantitative estimate of drug-likeness (QED) is 0.656. The van der Waals surface area contributed by atoms with Crippen LogP contribution in [-0.4, -0.2) is 28.6 Å². The molecule has 0 radical (unpaired) electrons. The van der Waals surface area contributed by atoms with Crippen molar-refractivity contribution in [3.05, 3.63) is 0 Å². The average Bonchev–Trinajstić information content (AvgIpc) is 2.60. The Hall–Kier alpha value is 0.0969. The maximum atomic E-state index is 6.03. The predicted octanol–water partition coefficient (Wildman–Crippen LogP) is 3.47. The van der Waals surface area contributed by atoms with Crippen LogP contribution in [0.5, 0.6) is 0 Å². The van der Waals surface area contributed by atoms with Crippen LogP contribution >= 0.6 is 0 Å². The summed E-state index contributed by atoms with van der Waals surface area (Å²) >= 11 is 0. The van der Waals surface area contributed by atoms with E-state index in [1.165, 1.54) is 12.8 Å². The lowest BCUT2D eigenvalue weighted by Gasteiger charge is -2.37. The van der Waals surface area contributed by atoms with Crippen LogP contribution in [0.3, 0.4) is 0 Å². The normalized spacial score (nSPS) is 29.8. The summed E-state index contributed by atoms with van der Waals surface area (Å²) in [5, 5.41) is 0. The maximum Gasteiger partial charge on any atom is 0.504 e. The smallest absolute Gasteiger partial charge is 0.374 e. The predicted molar refractivity (Wildman–Crippen MR) is 71.9 cm³/mol. The molecule has 3 nitrogen and oxygen atoms in total. The molecular weight excluding hydrogens is 232 g/mol. The van der Waals surface area contributed by atoms with Crippen molar-refractivity contribution in [1.82, 2.24) is 0 Å². The molecule has 102 valence electrons. The fourth-order valence-corrected chi connectivity index (χ4v) is 6.92. The molecule has 17 heavy (non-hydrogen) atoms. The van der Waals surface area contributed by atoms with Crippen molar-refractivity contribution in [3.63, 3.8) is 0 Å². The molecule has 1 fully saturated rings. The highest BCUT2D eigenvalue weighted by Crippen LogP contribution is 2.48. The molecule has 2 unspecified atom stereocenters. The molecule has 0 heterocycles. The van der Waals surface area contributed by atoms with Crippen LogP contribution in [0.2, 0.25) is 5.54 Å².